The average Bonchev–Trinajstić information content (AvgIpc) is 2.55. The third-order valence-corrected chi connectivity index (χ3v) is 2.07. The van der Waals surface area contributed by atoms with Crippen LogP contribution in [-0.4, -0.2) is 18.1 Å². The van der Waals surface area contributed by atoms with Crippen LogP contribution in [0, 0.1) is 6.92 Å². The van der Waals surface area contributed by atoms with Crippen molar-refractivity contribution in [3.05, 3.63) is 33.8 Å². The molecule has 0 saturated heterocycles. The maximum absolute atomic E-state index is 11.4. The molecule has 0 bridgehead atoms. The summed E-state index contributed by atoms with van der Waals surface area (Å²) in [6.07, 6.45) is 0. The van der Waals surface area contributed by atoms with Gasteiger partial charge in [0.25, 0.3) is 0 Å². The minimum absolute atomic E-state index is 0.234. The Morgan fingerprint density at radius 2 is 2.20 bits per heavy atom. The Hall–Kier alpha value is -2.04. The van der Waals surface area contributed by atoms with Gasteiger partial charge in [0.2, 0.25) is 0 Å². The van der Waals surface area contributed by atoms with E-state index in [9.17, 15) is 9.59 Å². The molecule has 0 atom stereocenters. The van der Waals surface area contributed by atoms with E-state index in [2.05, 4.69) is 9.72 Å². The smallest absolute Gasteiger partial charge is 0.417 e. The predicted molar refractivity (Wildman–Crippen MR) is 52.9 cm³/mol. The summed E-state index contributed by atoms with van der Waals surface area (Å²) in [5.41, 5.74) is 1.84. The van der Waals surface area contributed by atoms with E-state index in [0.29, 0.717) is 5.52 Å². The van der Waals surface area contributed by atoms with Crippen molar-refractivity contribution in [2.75, 3.05) is 7.11 Å². The molecule has 0 spiro atoms. The van der Waals surface area contributed by atoms with Crippen LogP contribution in [0.25, 0.3) is 11.1 Å². The Bertz CT molecular complexity index is 579. The van der Waals surface area contributed by atoms with Crippen LogP contribution in [0.3, 0.4) is 0 Å². The van der Waals surface area contributed by atoms with Crippen LogP contribution in [0.5, 0.6) is 0 Å². The number of fused-ring (bicyclic) bond motifs is 1. The van der Waals surface area contributed by atoms with E-state index in [-0.39, 0.29) is 11.1 Å². The number of H-pyrrole nitrogens is 1. The van der Waals surface area contributed by atoms with Crippen molar-refractivity contribution in [1.82, 2.24) is 4.98 Å². The van der Waals surface area contributed by atoms with Gasteiger partial charge in [-0.25, -0.2) is 9.59 Å². The van der Waals surface area contributed by atoms with Crippen LogP contribution in [0.15, 0.2) is 21.3 Å². The molecular weight excluding hydrogens is 198 g/mol. The number of nitrogens with one attached hydrogen (secondary N) is 1. The van der Waals surface area contributed by atoms with Crippen molar-refractivity contribution < 1.29 is 13.9 Å². The number of aromatic nitrogens is 1. The van der Waals surface area contributed by atoms with Crippen LogP contribution >= 0.6 is 0 Å². The normalized spacial score (nSPS) is 10.5. The monoisotopic (exact) mass is 207 g/mol. The van der Waals surface area contributed by atoms with Crippen molar-refractivity contribution in [3.8, 4) is 0 Å². The van der Waals surface area contributed by atoms with Crippen molar-refractivity contribution in [3.63, 3.8) is 0 Å². The quantitative estimate of drug-likeness (QED) is 0.713. The molecule has 1 N–H and O–H groups in total. The molecule has 0 aliphatic rings. The van der Waals surface area contributed by atoms with Crippen molar-refractivity contribution >= 4 is 17.1 Å². The Kier molecular flexibility index (Phi) is 2.07. The molecule has 0 unspecified atom stereocenters. The van der Waals surface area contributed by atoms with Gasteiger partial charge in [0, 0.05) is 0 Å². The largest absolute Gasteiger partial charge is 0.465 e. The van der Waals surface area contributed by atoms with Crippen LogP contribution < -0.4 is 5.76 Å². The van der Waals surface area contributed by atoms with E-state index >= 15 is 0 Å². The summed E-state index contributed by atoms with van der Waals surface area (Å²) in [7, 11) is 1.28. The fraction of sp³-hybridized carbons (Fsp3) is 0.200. The number of carbonyl (C=O) groups is 1. The second kappa shape index (κ2) is 3.27. The minimum atomic E-state index is -0.583. The molecule has 0 saturated carbocycles. The number of aryl methyl sites for hydroxylation is 1. The molecule has 0 aliphatic carbocycles. The van der Waals surface area contributed by atoms with Gasteiger partial charge in [-0.15, -0.1) is 0 Å². The highest BCUT2D eigenvalue weighted by Crippen LogP contribution is 2.18. The lowest BCUT2D eigenvalue weighted by Gasteiger charge is -2.00. The number of ether oxygens (including phenoxy) is 1. The van der Waals surface area contributed by atoms with E-state index in [0.717, 1.165) is 5.56 Å². The highest BCUT2D eigenvalue weighted by molar-refractivity contribution is 6.01. The fourth-order valence-corrected chi connectivity index (χ4v) is 1.47. The van der Waals surface area contributed by atoms with Gasteiger partial charge in [-0.3, -0.25) is 4.98 Å². The molecule has 5 nitrogen and oxygen atoms in total. The van der Waals surface area contributed by atoms with Gasteiger partial charge in [0.1, 0.15) is 5.56 Å². The molecule has 2 rings (SSSR count). The number of oxazole rings is 1. The molecular formula is C10H9NO4. The fourth-order valence-electron chi connectivity index (χ4n) is 1.47. The zero-order valence-electron chi connectivity index (χ0n) is 8.29. The highest BCUT2D eigenvalue weighted by atomic mass is 16.5. The molecule has 1 aromatic carbocycles. The number of methoxy groups -OCH3 is 1. The average molecular weight is 207 g/mol. The standard InChI is InChI=1S/C10H9NO4/c1-5-3-6(9(12)14-2)8-7(4-5)11-10(13)15-8/h3-4H,1-2H3,(H,11,13). The first-order valence-corrected chi connectivity index (χ1v) is 4.33. The van der Waals surface area contributed by atoms with Gasteiger partial charge in [-0.2, -0.15) is 0 Å². The van der Waals surface area contributed by atoms with Gasteiger partial charge < -0.3 is 9.15 Å². The molecule has 0 amide bonds. The number of benzene rings is 1. The molecule has 0 aliphatic heterocycles. The van der Waals surface area contributed by atoms with Crippen LogP contribution in [0.2, 0.25) is 0 Å². The van der Waals surface area contributed by atoms with E-state index in [1.54, 1.807) is 12.1 Å². The number of hydrogen-bond donors (Lipinski definition) is 1. The maximum Gasteiger partial charge on any atom is 0.417 e. The van der Waals surface area contributed by atoms with E-state index < -0.39 is 11.7 Å². The highest BCUT2D eigenvalue weighted by Gasteiger charge is 2.15. The molecule has 1 aromatic heterocycles. The summed E-state index contributed by atoms with van der Waals surface area (Å²) in [4.78, 5) is 24.9. The third-order valence-electron chi connectivity index (χ3n) is 2.07. The molecule has 2 aromatic rings. The summed E-state index contributed by atoms with van der Waals surface area (Å²) in [6, 6.07) is 3.34. The van der Waals surface area contributed by atoms with E-state index in [4.69, 9.17) is 4.42 Å². The summed E-state index contributed by atoms with van der Waals surface area (Å²) in [5.74, 6) is -1.10. The summed E-state index contributed by atoms with van der Waals surface area (Å²) in [5, 5.41) is 0. The number of rotatable bonds is 1. The number of hydrogen-bond acceptors (Lipinski definition) is 4. The molecule has 0 fully saturated rings. The summed E-state index contributed by atoms with van der Waals surface area (Å²) < 4.78 is 9.46. The van der Waals surface area contributed by atoms with E-state index in [1.807, 2.05) is 6.92 Å². The SMILES string of the molecule is COC(=O)c1cc(C)cc2[nH]c(=O)oc12. The molecule has 5 heteroatoms. The topological polar surface area (TPSA) is 72.3 Å². The molecule has 78 valence electrons. The Balaban J connectivity index is 2.81. The Morgan fingerprint density at radius 3 is 2.87 bits per heavy atom. The molecule has 1 heterocycles. The predicted octanol–water partition coefficient (Wildman–Crippen LogP) is 1.22. The second-order valence-electron chi connectivity index (χ2n) is 3.20. The number of aromatic amines is 1. The van der Waals surface area contributed by atoms with Crippen molar-refractivity contribution in [1.29, 1.82) is 0 Å². The lowest BCUT2D eigenvalue weighted by Crippen LogP contribution is -2.02. The van der Waals surface area contributed by atoms with Gasteiger partial charge in [0.05, 0.1) is 12.6 Å². The van der Waals surface area contributed by atoms with Crippen LogP contribution in [-0.2, 0) is 4.74 Å². The lowest BCUT2D eigenvalue weighted by atomic mass is 10.1. The lowest BCUT2D eigenvalue weighted by molar-refractivity contribution is 0.0601. The third kappa shape index (κ3) is 1.52. The number of esters is 1. The van der Waals surface area contributed by atoms with Gasteiger partial charge >= 0.3 is 11.7 Å². The maximum atomic E-state index is 11.4. The van der Waals surface area contributed by atoms with Crippen LogP contribution in [0.1, 0.15) is 15.9 Å². The van der Waals surface area contributed by atoms with Gasteiger partial charge in [-0.05, 0) is 24.6 Å². The summed E-state index contributed by atoms with van der Waals surface area (Å²) >= 11 is 0. The number of carbonyl (C=O) groups excluding carboxylic acids is 1. The van der Waals surface area contributed by atoms with Gasteiger partial charge in [-0.1, -0.05) is 0 Å². The molecule has 0 radical (unpaired) electrons. The van der Waals surface area contributed by atoms with Gasteiger partial charge in [0.15, 0.2) is 5.58 Å². The Morgan fingerprint density at radius 1 is 1.47 bits per heavy atom. The first-order chi connectivity index (χ1) is 7.11. The first kappa shape index (κ1) is 9.51. The van der Waals surface area contributed by atoms with Crippen molar-refractivity contribution in [2.24, 2.45) is 0 Å². The zero-order valence-corrected chi connectivity index (χ0v) is 8.29. The van der Waals surface area contributed by atoms with Crippen LogP contribution in [0.4, 0.5) is 0 Å². The first-order valence-electron chi connectivity index (χ1n) is 4.33. The zero-order chi connectivity index (χ0) is 11.0. The van der Waals surface area contributed by atoms with Crippen molar-refractivity contribution in [2.45, 2.75) is 6.92 Å². The molecule has 15 heavy (non-hydrogen) atoms. The second-order valence-corrected chi connectivity index (χ2v) is 3.20. The Labute approximate surface area is 84.7 Å². The minimum Gasteiger partial charge on any atom is -0.465 e. The van der Waals surface area contributed by atoms with E-state index in [1.165, 1.54) is 7.11 Å². The summed E-state index contributed by atoms with van der Waals surface area (Å²) in [6.45, 7) is 1.82.